The molecule has 5 nitrogen and oxygen atoms in total. The number of carbonyl (C=O) groups excluding carboxylic acids is 1. The van der Waals surface area contributed by atoms with Crippen LogP contribution < -0.4 is 0 Å². The van der Waals surface area contributed by atoms with Crippen LogP contribution in [-0.4, -0.2) is 28.4 Å². The highest BCUT2D eigenvalue weighted by molar-refractivity contribution is 7.98. The molecule has 0 amide bonds. The van der Waals surface area contributed by atoms with Gasteiger partial charge in [0, 0.05) is 11.5 Å². The summed E-state index contributed by atoms with van der Waals surface area (Å²) in [5.41, 5.74) is 3.39. The zero-order valence-electron chi connectivity index (χ0n) is 11.4. The summed E-state index contributed by atoms with van der Waals surface area (Å²) in [5.74, 6) is 1.37. The molecule has 6 heteroatoms. The van der Waals surface area contributed by atoms with Crippen LogP contribution >= 0.6 is 11.8 Å². The van der Waals surface area contributed by atoms with Gasteiger partial charge in [-0.05, 0) is 11.1 Å². The molecule has 1 atom stereocenters. The summed E-state index contributed by atoms with van der Waals surface area (Å²) in [6, 6.07) is 5.77. The van der Waals surface area contributed by atoms with Gasteiger partial charge in [-0.1, -0.05) is 18.2 Å². The lowest BCUT2D eigenvalue weighted by Crippen LogP contribution is -2.22. The Morgan fingerprint density at radius 2 is 2.43 bits per heavy atom. The molecule has 0 bridgehead atoms. The lowest BCUT2D eigenvalue weighted by atomic mass is 10.0. The number of aromatic nitrogens is 2. The maximum absolute atomic E-state index is 11.8. The van der Waals surface area contributed by atoms with Crippen molar-refractivity contribution in [3.63, 3.8) is 0 Å². The van der Waals surface area contributed by atoms with Gasteiger partial charge in [0.05, 0.1) is 32.2 Å². The molecule has 1 aliphatic heterocycles. The van der Waals surface area contributed by atoms with E-state index in [2.05, 4.69) is 9.83 Å². The first-order valence-corrected chi connectivity index (χ1v) is 7.58. The van der Waals surface area contributed by atoms with E-state index in [0.717, 1.165) is 22.6 Å². The quantitative estimate of drug-likeness (QED) is 0.631. The van der Waals surface area contributed by atoms with Crippen molar-refractivity contribution in [1.82, 2.24) is 9.55 Å². The van der Waals surface area contributed by atoms with Crippen molar-refractivity contribution < 1.29 is 9.53 Å². The second-order valence-corrected chi connectivity index (χ2v) is 5.73. The van der Waals surface area contributed by atoms with Crippen molar-refractivity contribution in [2.45, 2.75) is 11.8 Å². The third kappa shape index (κ3) is 2.41. The van der Waals surface area contributed by atoms with Crippen molar-refractivity contribution in [1.29, 1.82) is 0 Å². The van der Waals surface area contributed by atoms with Gasteiger partial charge in [-0.15, -0.1) is 0 Å². The van der Waals surface area contributed by atoms with Gasteiger partial charge in [0.15, 0.2) is 5.69 Å². The molecule has 0 N–H and O–H groups in total. The van der Waals surface area contributed by atoms with Crippen molar-refractivity contribution in [3.8, 4) is 0 Å². The average Bonchev–Trinajstić information content (AvgIpc) is 3.02. The Labute approximate surface area is 126 Å². The Balaban J connectivity index is 2.05. The summed E-state index contributed by atoms with van der Waals surface area (Å²) >= 11 is 1.79. The van der Waals surface area contributed by atoms with Crippen molar-refractivity contribution >= 4 is 23.4 Å². The molecule has 1 aromatic carbocycles. The maximum atomic E-state index is 11.8. The van der Waals surface area contributed by atoms with Crippen LogP contribution in [0.25, 0.3) is 4.85 Å². The molecule has 21 heavy (non-hydrogen) atoms. The molecular formula is C15H13N3O2S. The fourth-order valence-corrected chi connectivity index (χ4v) is 3.68. The zero-order valence-corrected chi connectivity index (χ0v) is 12.3. The van der Waals surface area contributed by atoms with Crippen LogP contribution in [-0.2, 0) is 10.5 Å². The molecule has 1 aromatic heterocycles. The van der Waals surface area contributed by atoms with Crippen LogP contribution in [0.2, 0.25) is 0 Å². The monoisotopic (exact) mass is 299 g/mol. The van der Waals surface area contributed by atoms with Crippen molar-refractivity contribution in [3.05, 3.63) is 59.0 Å². The van der Waals surface area contributed by atoms with Gasteiger partial charge in [0.2, 0.25) is 0 Å². The summed E-state index contributed by atoms with van der Waals surface area (Å²) in [6.07, 6.45) is 3.19. The highest BCUT2D eigenvalue weighted by atomic mass is 32.2. The molecule has 106 valence electrons. The molecule has 0 aliphatic carbocycles. The Hall–Kier alpha value is -2.26. The minimum absolute atomic E-state index is 0.0372. The number of rotatable bonds is 2. The molecule has 0 fully saturated rings. The first-order valence-electron chi connectivity index (χ1n) is 6.42. The highest BCUT2D eigenvalue weighted by Gasteiger charge is 2.25. The lowest BCUT2D eigenvalue weighted by molar-refractivity contribution is 0.0587. The number of thioether (sulfide) groups is 1. The van der Waals surface area contributed by atoms with Crippen LogP contribution in [0, 0.1) is 6.57 Å². The van der Waals surface area contributed by atoms with E-state index in [1.165, 1.54) is 13.3 Å². The fraction of sp³-hybridized carbons (Fsp3) is 0.267. The van der Waals surface area contributed by atoms with E-state index in [0.29, 0.717) is 11.4 Å². The van der Waals surface area contributed by atoms with Crippen LogP contribution in [0.5, 0.6) is 0 Å². The number of esters is 1. The molecule has 1 aliphatic rings. The molecule has 1 unspecified atom stereocenters. The highest BCUT2D eigenvalue weighted by Crippen LogP contribution is 2.36. The molecule has 0 saturated heterocycles. The molecule has 2 heterocycles. The van der Waals surface area contributed by atoms with Crippen LogP contribution in [0.4, 0.5) is 5.69 Å². The van der Waals surface area contributed by atoms with Crippen LogP contribution in [0.3, 0.4) is 0 Å². The van der Waals surface area contributed by atoms with Gasteiger partial charge in [-0.25, -0.2) is 14.6 Å². The summed E-state index contributed by atoms with van der Waals surface area (Å²) in [5, 5.41) is 0. The van der Waals surface area contributed by atoms with Crippen LogP contribution in [0.1, 0.15) is 27.7 Å². The van der Waals surface area contributed by atoms with Gasteiger partial charge in [-0.2, -0.15) is 11.8 Å². The molecule has 3 rings (SSSR count). The van der Waals surface area contributed by atoms with E-state index < -0.39 is 0 Å². The van der Waals surface area contributed by atoms with Gasteiger partial charge in [0.1, 0.15) is 5.69 Å². The average molecular weight is 299 g/mol. The standard InChI is InChI=1S/C15H13N3O2S/c1-16-11-3-4-12-10(5-11)7-21-8-14(12)18-9-17-6-13(18)15(19)20-2/h3-6,9,14H,7-8H2,2H3. The predicted octanol–water partition coefficient (Wildman–Crippen LogP) is 3.06. The summed E-state index contributed by atoms with van der Waals surface area (Å²) in [4.78, 5) is 19.4. The topological polar surface area (TPSA) is 48.5 Å². The first-order chi connectivity index (χ1) is 10.2. The Kier molecular flexibility index (Phi) is 3.67. The number of benzene rings is 1. The van der Waals surface area contributed by atoms with E-state index in [9.17, 15) is 4.79 Å². The van der Waals surface area contributed by atoms with E-state index in [-0.39, 0.29) is 12.0 Å². The molecule has 2 aromatic rings. The van der Waals surface area contributed by atoms with E-state index in [1.54, 1.807) is 18.1 Å². The van der Waals surface area contributed by atoms with E-state index >= 15 is 0 Å². The number of nitrogens with zero attached hydrogens (tertiary/aromatic N) is 3. The lowest BCUT2D eigenvalue weighted by Gasteiger charge is -2.27. The normalized spacial score (nSPS) is 16.9. The SMILES string of the molecule is [C-]#[N+]c1ccc2c(c1)CSCC2n1cncc1C(=O)OC. The van der Waals surface area contributed by atoms with Crippen LogP contribution in [0.15, 0.2) is 30.7 Å². The minimum Gasteiger partial charge on any atom is -0.464 e. The molecule has 0 spiro atoms. The smallest absolute Gasteiger partial charge is 0.356 e. The third-order valence-electron chi connectivity index (χ3n) is 3.54. The largest absolute Gasteiger partial charge is 0.464 e. The Morgan fingerprint density at radius 1 is 1.57 bits per heavy atom. The summed E-state index contributed by atoms with van der Waals surface area (Å²) < 4.78 is 6.66. The second-order valence-electron chi connectivity index (χ2n) is 4.70. The minimum atomic E-state index is -0.387. The molecule has 0 saturated carbocycles. The predicted molar refractivity (Wildman–Crippen MR) is 80.6 cm³/mol. The number of carbonyl (C=O) groups is 1. The number of hydrogen-bond donors (Lipinski definition) is 0. The van der Waals surface area contributed by atoms with Crippen molar-refractivity contribution in [2.75, 3.05) is 12.9 Å². The first kappa shape index (κ1) is 13.7. The summed E-state index contributed by atoms with van der Waals surface area (Å²) in [7, 11) is 1.37. The number of hydrogen-bond acceptors (Lipinski definition) is 4. The zero-order chi connectivity index (χ0) is 14.8. The number of imidazole rings is 1. The van der Waals surface area contributed by atoms with Gasteiger partial charge in [-0.3, -0.25) is 0 Å². The van der Waals surface area contributed by atoms with Gasteiger partial charge in [0.25, 0.3) is 0 Å². The van der Waals surface area contributed by atoms with Crippen molar-refractivity contribution in [2.24, 2.45) is 0 Å². The molecule has 0 radical (unpaired) electrons. The Morgan fingerprint density at radius 3 is 3.19 bits per heavy atom. The Bertz CT molecular complexity index is 733. The van der Waals surface area contributed by atoms with E-state index in [1.807, 2.05) is 22.8 Å². The fourth-order valence-electron chi connectivity index (χ4n) is 2.53. The number of ether oxygens (including phenoxy) is 1. The number of methoxy groups -OCH3 is 1. The maximum Gasteiger partial charge on any atom is 0.356 e. The van der Waals surface area contributed by atoms with E-state index in [4.69, 9.17) is 11.3 Å². The van der Waals surface area contributed by atoms with Gasteiger partial charge >= 0.3 is 5.97 Å². The third-order valence-corrected chi connectivity index (χ3v) is 4.61. The number of fused-ring (bicyclic) bond motifs is 1. The second kappa shape index (κ2) is 5.62. The summed E-state index contributed by atoms with van der Waals surface area (Å²) in [6.45, 7) is 7.11. The molecular weight excluding hydrogens is 286 g/mol. The van der Waals surface area contributed by atoms with Gasteiger partial charge < -0.3 is 9.30 Å².